The Morgan fingerprint density at radius 1 is 1.44 bits per heavy atom. The van der Waals surface area contributed by atoms with Crippen molar-refractivity contribution in [1.29, 1.82) is 0 Å². The van der Waals surface area contributed by atoms with Gasteiger partial charge in [0.25, 0.3) is 5.91 Å². The van der Waals surface area contributed by atoms with Crippen LogP contribution in [0.2, 0.25) is 0 Å². The van der Waals surface area contributed by atoms with E-state index in [9.17, 15) is 4.79 Å². The number of aromatic nitrogens is 1. The first-order valence-corrected chi connectivity index (χ1v) is 7.00. The molecule has 0 unspecified atom stereocenters. The molecule has 0 aliphatic heterocycles. The lowest BCUT2D eigenvalue weighted by atomic mass is 9.95. The first kappa shape index (κ1) is 13.3. The molecule has 1 aromatic heterocycles. The average molecular weight is 313 g/mol. The van der Waals surface area contributed by atoms with Gasteiger partial charge in [0, 0.05) is 12.2 Å². The third kappa shape index (κ3) is 3.22. The number of methoxy groups -OCH3 is 1. The maximum Gasteiger partial charge on any atom is 0.253 e. The van der Waals surface area contributed by atoms with Crippen molar-refractivity contribution in [3.63, 3.8) is 0 Å². The van der Waals surface area contributed by atoms with Crippen LogP contribution in [0.25, 0.3) is 0 Å². The second-order valence-corrected chi connectivity index (χ2v) is 5.38. The maximum atomic E-state index is 12.1. The number of nitrogens with one attached hydrogen (secondary N) is 1. The van der Waals surface area contributed by atoms with Crippen LogP contribution < -0.4 is 10.1 Å². The first-order chi connectivity index (χ1) is 8.70. The summed E-state index contributed by atoms with van der Waals surface area (Å²) in [5, 5.41) is 3.06. The summed E-state index contributed by atoms with van der Waals surface area (Å²) in [6.07, 6.45) is 7.39. The maximum absolute atomic E-state index is 12.1. The molecular formula is C13H17BrN2O2. The number of pyridine rings is 1. The molecule has 1 amide bonds. The van der Waals surface area contributed by atoms with Gasteiger partial charge in [-0.15, -0.1) is 0 Å². The van der Waals surface area contributed by atoms with Gasteiger partial charge in [0.2, 0.25) is 5.88 Å². The normalized spacial score (nSPS) is 16.3. The van der Waals surface area contributed by atoms with Crippen LogP contribution in [-0.2, 0) is 0 Å². The molecule has 0 saturated heterocycles. The predicted octanol–water partition coefficient (Wildman–Crippen LogP) is 2.92. The number of rotatable bonds is 3. The minimum absolute atomic E-state index is 0.0576. The highest BCUT2D eigenvalue weighted by atomic mass is 79.9. The monoisotopic (exact) mass is 312 g/mol. The van der Waals surface area contributed by atoms with Crippen LogP contribution in [0.5, 0.6) is 5.88 Å². The molecule has 1 heterocycles. The Kier molecular flexibility index (Phi) is 4.58. The summed E-state index contributed by atoms with van der Waals surface area (Å²) >= 11 is 3.33. The van der Waals surface area contributed by atoms with E-state index in [2.05, 4.69) is 26.2 Å². The van der Waals surface area contributed by atoms with Crippen molar-refractivity contribution >= 4 is 21.8 Å². The highest BCUT2D eigenvalue weighted by Crippen LogP contribution is 2.23. The molecular weight excluding hydrogens is 296 g/mol. The zero-order valence-corrected chi connectivity index (χ0v) is 12.0. The molecule has 1 fully saturated rings. The number of hydrogen-bond acceptors (Lipinski definition) is 3. The van der Waals surface area contributed by atoms with Crippen molar-refractivity contribution < 1.29 is 9.53 Å². The molecule has 1 N–H and O–H groups in total. The second-order valence-electron chi connectivity index (χ2n) is 4.52. The number of nitrogens with zero attached hydrogens (tertiary/aromatic N) is 1. The minimum Gasteiger partial charge on any atom is -0.480 e. The molecule has 98 valence electrons. The van der Waals surface area contributed by atoms with Gasteiger partial charge in [-0.05, 0) is 34.8 Å². The quantitative estimate of drug-likeness (QED) is 0.933. The predicted molar refractivity (Wildman–Crippen MR) is 72.8 cm³/mol. The largest absolute Gasteiger partial charge is 0.480 e. The molecule has 0 bridgehead atoms. The number of ether oxygens (including phenoxy) is 1. The smallest absolute Gasteiger partial charge is 0.253 e. The second kappa shape index (κ2) is 6.18. The zero-order valence-electron chi connectivity index (χ0n) is 10.4. The highest BCUT2D eigenvalue weighted by molar-refractivity contribution is 9.10. The van der Waals surface area contributed by atoms with Gasteiger partial charge in [0.1, 0.15) is 0 Å². The van der Waals surface area contributed by atoms with Gasteiger partial charge in [0.15, 0.2) is 0 Å². The fourth-order valence-corrected chi connectivity index (χ4v) is 2.73. The van der Waals surface area contributed by atoms with Crippen molar-refractivity contribution in [2.24, 2.45) is 0 Å². The van der Waals surface area contributed by atoms with Crippen LogP contribution in [0.15, 0.2) is 16.7 Å². The molecule has 5 heteroatoms. The standard InChI is InChI=1S/C13H17BrN2O2/c1-18-13-11(14)7-9(8-15-13)12(17)16-10-5-3-2-4-6-10/h7-8,10H,2-6H2,1H3,(H,16,17). The molecule has 2 rings (SSSR count). The molecule has 0 spiro atoms. The van der Waals surface area contributed by atoms with Crippen molar-refractivity contribution in [3.8, 4) is 5.88 Å². The van der Waals surface area contributed by atoms with Gasteiger partial charge in [-0.3, -0.25) is 4.79 Å². The van der Waals surface area contributed by atoms with Gasteiger partial charge in [0.05, 0.1) is 17.1 Å². The summed E-state index contributed by atoms with van der Waals surface area (Å²) in [5.74, 6) is 0.432. The summed E-state index contributed by atoms with van der Waals surface area (Å²) in [7, 11) is 1.55. The van der Waals surface area contributed by atoms with Crippen molar-refractivity contribution in [2.45, 2.75) is 38.1 Å². The fourth-order valence-electron chi connectivity index (χ4n) is 2.22. The third-order valence-corrected chi connectivity index (χ3v) is 3.77. The summed E-state index contributed by atoms with van der Waals surface area (Å²) in [6, 6.07) is 2.05. The first-order valence-electron chi connectivity index (χ1n) is 6.21. The SMILES string of the molecule is COc1ncc(C(=O)NC2CCCCC2)cc1Br. The number of carbonyl (C=O) groups excluding carboxylic acids is 1. The van der Waals surface area contributed by atoms with Gasteiger partial charge in [-0.2, -0.15) is 0 Å². The fraction of sp³-hybridized carbons (Fsp3) is 0.538. The van der Waals surface area contributed by atoms with Crippen molar-refractivity contribution in [2.75, 3.05) is 7.11 Å². The number of amides is 1. The van der Waals surface area contributed by atoms with Gasteiger partial charge < -0.3 is 10.1 Å². The lowest BCUT2D eigenvalue weighted by molar-refractivity contribution is 0.0927. The van der Waals surface area contributed by atoms with E-state index in [-0.39, 0.29) is 5.91 Å². The summed E-state index contributed by atoms with van der Waals surface area (Å²) in [6.45, 7) is 0. The van der Waals surface area contributed by atoms with E-state index in [0.717, 1.165) is 12.8 Å². The molecule has 1 aliphatic rings. The summed E-state index contributed by atoms with van der Waals surface area (Å²) in [4.78, 5) is 16.1. The average Bonchev–Trinajstić information content (AvgIpc) is 2.39. The Balaban J connectivity index is 2.01. The van der Waals surface area contributed by atoms with Crippen LogP contribution in [0.4, 0.5) is 0 Å². The molecule has 1 saturated carbocycles. The van der Waals surface area contributed by atoms with E-state index >= 15 is 0 Å². The van der Waals surface area contributed by atoms with Crippen LogP contribution in [-0.4, -0.2) is 24.0 Å². The lowest BCUT2D eigenvalue weighted by Gasteiger charge is -2.22. The van der Waals surface area contributed by atoms with E-state index in [4.69, 9.17) is 4.74 Å². The van der Waals surface area contributed by atoms with Crippen LogP contribution in [0.1, 0.15) is 42.5 Å². The third-order valence-electron chi connectivity index (χ3n) is 3.20. The topological polar surface area (TPSA) is 51.2 Å². The van der Waals surface area contributed by atoms with Gasteiger partial charge in [-0.1, -0.05) is 19.3 Å². The number of carbonyl (C=O) groups is 1. The summed E-state index contributed by atoms with van der Waals surface area (Å²) < 4.78 is 5.74. The van der Waals surface area contributed by atoms with E-state index in [0.29, 0.717) is 22.0 Å². The van der Waals surface area contributed by atoms with Gasteiger partial charge in [-0.25, -0.2) is 4.98 Å². The zero-order chi connectivity index (χ0) is 13.0. The summed E-state index contributed by atoms with van der Waals surface area (Å²) in [5.41, 5.74) is 0.563. The molecule has 4 nitrogen and oxygen atoms in total. The van der Waals surface area contributed by atoms with E-state index in [1.165, 1.54) is 19.3 Å². The van der Waals surface area contributed by atoms with E-state index < -0.39 is 0 Å². The van der Waals surface area contributed by atoms with E-state index in [1.807, 2.05) is 0 Å². The van der Waals surface area contributed by atoms with Crippen LogP contribution in [0, 0.1) is 0 Å². The number of hydrogen-bond donors (Lipinski definition) is 1. The molecule has 0 atom stereocenters. The Morgan fingerprint density at radius 2 is 2.17 bits per heavy atom. The van der Waals surface area contributed by atoms with Gasteiger partial charge >= 0.3 is 0 Å². The Morgan fingerprint density at radius 3 is 2.78 bits per heavy atom. The van der Waals surface area contributed by atoms with Crippen LogP contribution >= 0.6 is 15.9 Å². The Bertz CT molecular complexity index is 431. The van der Waals surface area contributed by atoms with Crippen molar-refractivity contribution in [3.05, 3.63) is 22.3 Å². The molecule has 1 aliphatic carbocycles. The molecule has 0 aromatic carbocycles. The minimum atomic E-state index is -0.0576. The Hall–Kier alpha value is -1.10. The van der Waals surface area contributed by atoms with Crippen LogP contribution in [0.3, 0.4) is 0 Å². The molecule has 0 radical (unpaired) electrons. The molecule has 1 aromatic rings. The van der Waals surface area contributed by atoms with Crippen molar-refractivity contribution in [1.82, 2.24) is 10.3 Å². The van der Waals surface area contributed by atoms with E-state index in [1.54, 1.807) is 19.4 Å². The Labute approximate surface area is 115 Å². The molecule has 18 heavy (non-hydrogen) atoms. The number of halogens is 1. The highest BCUT2D eigenvalue weighted by Gasteiger charge is 2.17. The lowest BCUT2D eigenvalue weighted by Crippen LogP contribution is -2.36.